The first-order chi connectivity index (χ1) is 7.71. The first-order valence-electron chi connectivity index (χ1n) is 6.40. The molecule has 0 aliphatic carbocycles. The van der Waals surface area contributed by atoms with Crippen LogP contribution in [0.5, 0.6) is 0 Å². The highest BCUT2D eigenvalue weighted by atomic mass is 19.1. The Morgan fingerprint density at radius 3 is 2.65 bits per heavy atom. The summed E-state index contributed by atoms with van der Waals surface area (Å²) in [6.07, 6.45) is 1.55. The third kappa shape index (κ3) is 5.02. The van der Waals surface area contributed by atoms with Crippen molar-refractivity contribution in [3.63, 3.8) is 0 Å². The van der Waals surface area contributed by atoms with E-state index >= 15 is 0 Å². The summed E-state index contributed by atoms with van der Waals surface area (Å²) in [5, 5.41) is 2.89. The molecule has 0 aromatic carbocycles. The zero-order valence-corrected chi connectivity index (χ0v) is 11.5. The van der Waals surface area contributed by atoms with Gasteiger partial charge in [-0.25, -0.2) is 4.39 Å². The summed E-state index contributed by atoms with van der Waals surface area (Å²) in [4.78, 5) is 13.7. The lowest BCUT2D eigenvalue weighted by atomic mass is 9.95. The second-order valence-electron chi connectivity index (χ2n) is 6.30. The minimum absolute atomic E-state index is 0.0533. The Hall–Kier alpha value is -0.640. The van der Waals surface area contributed by atoms with Crippen molar-refractivity contribution >= 4 is 5.91 Å². The predicted molar refractivity (Wildman–Crippen MR) is 67.7 cm³/mol. The van der Waals surface area contributed by atoms with E-state index in [1.807, 2.05) is 20.8 Å². The average Bonchev–Trinajstić information content (AvgIpc) is 2.14. The van der Waals surface area contributed by atoms with Crippen molar-refractivity contribution < 1.29 is 9.18 Å². The Kier molecular flexibility index (Phi) is 4.53. The molecule has 1 saturated heterocycles. The zero-order valence-electron chi connectivity index (χ0n) is 11.5. The Balaban J connectivity index is 2.25. The van der Waals surface area contributed by atoms with Gasteiger partial charge in [0.1, 0.15) is 5.67 Å². The first kappa shape index (κ1) is 14.4. The molecule has 1 atom stereocenters. The van der Waals surface area contributed by atoms with Crippen LogP contribution in [-0.2, 0) is 4.79 Å². The van der Waals surface area contributed by atoms with Gasteiger partial charge in [0.2, 0.25) is 5.91 Å². The Labute approximate surface area is 104 Å². The zero-order chi connectivity index (χ0) is 13.1. The summed E-state index contributed by atoms with van der Waals surface area (Å²) in [7, 11) is 0. The van der Waals surface area contributed by atoms with Crippen molar-refractivity contribution in [1.29, 1.82) is 0 Å². The second kappa shape index (κ2) is 5.34. The molecule has 1 fully saturated rings. The third-order valence-electron chi connectivity index (χ3n) is 3.12. The van der Waals surface area contributed by atoms with E-state index in [0.717, 1.165) is 19.5 Å². The maximum Gasteiger partial charge on any atom is 0.225 e. The minimum atomic E-state index is -1.06. The molecular weight excluding hydrogens is 219 g/mol. The van der Waals surface area contributed by atoms with Crippen LogP contribution < -0.4 is 5.32 Å². The van der Waals surface area contributed by atoms with E-state index in [2.05, 4.69) is 10.2 Å². The van der Waals surface area contributed by atoms with Gasteiger partial charge < -0.3 is 5.32 Å². The van der Waals surface area contributed by atoms with Gasteiger partial charge in [-0.1, -0.05) is 20.8 Å². The molecule has 0 bridgehead atoms. The fourth-order valence-electron chi connectivity index (χ4n) is 2.08. The molecule has 3 nitrogen and oxygen atoms in total. The summed E-state index contributed by atoms with van der Waals surface area (Å²) in [6.45, 7) is 10.1. The maximum atomic E-state index is 13.8. The Bertz CT molecular complexity index is 271. The number of carbonyl (C=O) groups excluding carboxylic acids is 1. The van der Waals surface area contributed by atoms with Crippen molar-refractivity contribution in [3.05, 3.63) is 0 Å². The van der Waals surface area contributed by atoms with Crippen LogP contribution in [0.3, 0.4) is 0 Å². The molecule has 1 amide bonds. The van der Waals surface area contributed by atoms with Crippen LogP contribution in [0.4, 0.5) is 4.39 Å². The highest BCUT2D eigenvalue weighted by molar-refractivity contribution is 5.81. The van der Waals surface area contributed by atoms with Crippen LogP contribution in [0.1, 0.15) is 40.5 Å². The van der Waals surface area contributed by atoms with Crippen LogP contribution in [-0.4, -0.2) is 42.7 Å². The number of hydrogen-bond donors (Lipinski definition) is 1. The summed E-state index contributed by atoms with van der Waals surface area (Å²) in [5.74, 6) is 0.0533. The molecule has 1 heterocycles. The number of nitrogens with zero attached hydrogens (tertiary/aromatic N) is 1. The molecule has 1 aliphatic rings. The highest BCUT2D eigenvalue weighted by Crippen LogP contribution is 2.23. The number of halogens is 1. The number of carbonyl (C=O) groups is 1. The molecule has 0 aromatic heterocycles. The number of piperidine rings is 1. The van der Waals surface area contributed by atoms with Crippen molar-refractivity contribution in [3.8, 4) is 0 Å². The average molecular weight is 244 g/mol. The lowest BCUT2D eigenvalue weighted by Gasteiger charge is -2.35. The fraction of sp³-hybridized carbons (Fsp3) is 0.923. The first-order valence-corrected chi connectivity index (χ1v) is 6.40. The van der Waals surface area contributed by atoms with Gasteiger partial charge in [0.15, 0.2) is 0 Å². The third-order valence-corrected chi connectivity index (χ3v) is 3.12. The Morgan fingerprint density at radius 1 is 1.47 bits per heavy atom. The molecule has 100 valence electrons. The highest BCUT2D eigenvalue weighted by Gasteiger charge is 2.30. The minimum Gasteiger partial charge on any atom is -0.354 e. The van der Waals surface area contributed by atoms with Crippen molar-refractivity contribution in [2.24, 2.45) is 5.41 Å². The Morgan fingerprint density at radius 2 is 2.12 bits per heavy atom. The van der Waals surface area contributed by atoms with Crippen LogP contribution in [0.2, 0.25) is 0 Å². The second-order valence-corrected chi connectivity index (χ2v) is 6.30. The van der Waals surface area contributed by atoms with Gasteiger partial charge in [-0.05, 0) is 26.3 Å². The number of likely N-dealkylation sites (tertiary alicyclic amines) is 1. The molecule has 0 aromatic rings. The quantitative estimate of drug-likeness (QED) is 0.823. The lowest BCUT2D eigenvalue weighted by Crippen LogP contribution is -2.47. The molecule has 0 saturated carbocycles. The normalized spacial score (nSPS) is 26.9. The van der Waals surface area contributed by atoms with Gasteiger partial charge in [0.05, 0.1) is 0 Å². The summed E-state index contributed by atoms with van der Waals surface area (Å²) >= 11 is 0. The molecular formula is C13H25FN2O. The van der Waals surface area contributed by atoms with Crippen LogP contribution in [0, 0.1) is 5.41 Å². The van der Waals surface area contributed by atoms with Gasteiger partial charge in [0, 0.05) is 25.0 Å². The largest absolute Gasteiger partial charge is 0.354 e. The predicted octanol–water partition coefficient (Wildman–Crippen LogP) is 1.97. The molecule has 1 N–H and O–H groups in total. The molecule has 17 heavy (non-hydrogen) atoms. The van der Waals surface area contributed by atoms with Gasteiger partial charge in [-0.15, -0.1) is 0 Å². The summed E-state index contributed by atoms with van der Waals surface area (Å²) < 4.78 is 13.8. The van der Waals surface area contributed by atoms with Gasteiger partial charge in [0.25, 0.3) is 0 Å². The van der Waals surface area contributed by atoms with E-state index in [0.29, 0.717) is 19.5 Å². The smallest absolute Gasteiger partial charge is 0.225 e. The summed E-state index contributed by atoms with van der Waals surface area (Å²) in [5.41, 5.74) is -1.41. The van der Waals surface area contributed by atoms with Crippen LogP contribution in [0.15, 0.2) is 0 Å². The number of alkyl halides is 1. The van der Waals surface area contributed by atoms with Crippen molar-refractivity contribution in [2.75, 3.05) is 26.2 Å². The monoisotopic (exact) mass is 244 g/mol. The van der Waals surface area contributed by atoms with Crippen LogP contribution >= 0.6 is 0 Å². The van der Waals surface area contributed by atoms with E-state index < -0.39 is 5.67 Å². The van der Waals surface area contributed by atoms with E-state index in [-0.39, 0.29) is 11.3 Å². The maximum absolute atomic E-state index is 13.8. The topological polar surface area (TPSA) is 32.3 Å². The van der Waals surface area contributed by atoms with Gasteiger partial charge >= 0.3 is 0 Å². The number of nitrogens with one attached hydrogen (secondary N) is 1. The lowest BCUT2D eigenvalue weighted by molar-refractivity contribution is -0.128. The van der Waals surface area contributed by atoms with Crippen molar-refractivity contribution in [1.82, 2.24) is 10.2 Å². The van der Waals surface area contributed by atoms with Crippen molar-refractivity contribution in [2.45, 2.75) is 46.2 Å². The summed E-state index contributed by atoms with van der Waals surface area (Å²) in [6, 6.07) is 0. The molecule has 0 spiro atoms. The molecule has 1 unspecified atom stereocenters. The number of rotatable bonds is 3. The van der Waals surface area contributed by atoms with Gasteiger partial charge in [-0.2, -0.15) is 0 Å². The molecule has 0 radical (unpaired) electrons. The fourth-order valence-corrected chi connectivity index (χ4v) is 2.08. The van der Waals surface area contributed by atoms with E-state index in [4.69, 9.17) is 0 Å². The van der Waals surface area contributed by atoms with E-state index in [1.165, 1.54) is 0 Å². The van der Waals surface area contributed by atoms with E-state index in [1.54, 1.807) is 6.92 Å². The number of hydrogen-bond acceptors (Lipinski definition) is 2. The van der Waals surface area contributed by atoms with Crippen LogP contribution in [0.25, 0.3) is 0 Å². The number of amides is 1. The molecule has 1 aliphatic heterocycles. The standard InChI is InChI=1S/C13H25FN2O/c1-12(2,3)11(17)15-7-9-16-8-5-6-13(4,14)10-16/h5-10H2,1-4H3,(H,15,17). The molecule has 4 heteroatoms. The SMILES string of the molecule is CC1(F)CCCN(CCNC(=O)C(C)(C)C)C1. The van der Waals surface area contributed by atoms with Gasteiger partial charge in [-0.3, -0.25) is 9.69 Å². The molecule has 1 rings (SSSR count). The van der Waals surface area contributed by atoms with E-state index in [9.17, 15) is 9.18 Å².